The van der Waals surface area contributed by atoms with Gasteiger partial charge in [0.05, 0.1) is 12.8 Å². The third-order valence-electron chi connectivity index (χ3n) is 3.53. The van der Waals surface area contributed by atoms with Crippen molar-refractivity contribution < 1.29 is 4.74 Å². The van der Waals surface area contributed by atoms with Gasteiger partial charge in [-0.1, -0.05) is 22.0 Å². The molecule has 4 heteroatoms. The van der Waals surface area contributed by atoms with Crippen LogP contribution in [0, 0.1) is 0 Å². The summed E-state index contributed by atoms with van der Waals surface area (Å²) in [6.45, 7) is 2.15. The zero-order valence-corrected chi connectivity index (χ0v) is 12.5. The van der Waals surface area contributed by atoms with E-state index in [-0.39, 0.29) is 0 Å². The van der Waals surface area contributed by atoms with Crippen LogP contribution in [-0.2, 0) is 6.54 Å². The van der Waals surface area contributed by atoms with Crippen molar-refractivity contribution in [3.05, 3.63) is 23.9 Å². The molecule has 0 N–H and O–H groups in total. The third kappa shape index (κ3) is 3.69. The van der Waals surface area contributed by atoms with Crippen LogP contribution in [0.25, 0.3) is 0 Å². The molecule has 100 valence electrons. The fourth-order valence-corrected chi connectivity index (χ4v) is 2.93. The molecule has 1 unspecified atom stereocenters. The molecule has 2 rings (SSSR count). The van der Waals surface area contributed by atoms with E-state index in [1.54, 1.807) is 7.11 Å². The minimum Gasteiger partial charge on any atom is -0.481 e. The maximum Gasteiger partial charge on any atom is 0.213 e. The van der Waals surface area contributed by atoms with Crippen molar-refractivity contribution in [2.24, 2.45) is 0 Å². The van der Waals surface area contributed by atoms with Crippen molar-refractivity contribution in [3.8, 4) is 5.88 Å². The van der Waals surface area contributed by atoms with Crippen molar-refractivity contribution in [1.29, 1.82) is 0 Å². The molecule has 1 aliphatic heterocycles. The van der Waals surface area contributed by atoms with Crippen LogP contribution in [0.5, 0.6) is 5.88 Å². The molecular formula is C14H21BrN2O. The Morgan fingerprint density at radius 3 is 3.17 bits per heavy atom. The quantitative estimate of drug-likeness (QED) is 0.754. The number of nitrogens with zero attached hydrogens (tertiary/aromatic N) is 2. The van der Waals surface area contributed by atoms with E-state index < -0.39 is 0 Å². The van der Waals surface area contributed by atoms with Gasteiger partial charge in [-0.3, -0.25) is 4.90 Å². The highest BCUT2D eigenvalue weighted by molar-refractivity contribution is 9.09. The lowest BCUT2D eigenvalue weighted by Gasteiger charge is -2.23. The van der Waals surface area contributed by atoms with Crippen LogP contribution in [0.4, 0.5) is 0 Å². The van der Waals surface area contributed by atoms with E-state index in [1.807, 2.05) is 12.1 Å². The molecule has 1 aromatic rings. The van der Waals surface area contributed by atoms with Crippen LogP contribution in [-0.4, -0.2) is 34.9 Å². The number of hydrogen-bond acceptors (Lipinski definition) is 3. The average Bonchev–Trinajstić information content (AvgIpc) is 2.84. The molecule has 0 aliphatic carbocycles. The second-order valence-corrected chi connectivity index (χ2v) is 5.56. The molecule has 1 saturated heterocycles. The third-order valence-corrected chi connectivity index (χ3v) is 4.09. The summed E-state index contributed by atoms with van der Waals surface area (Å²) in [5, 5.41) is 1.11. The lowest BCUT2D eigenvalue weighted by molar-refractivity contribution is 0.230. The van der Waals surface area contributed by atoms with Crippen LogP contribution in [0.2, 0.25) is 0 Å². The Bertz CT molecular complexity index is 373. The van der Waals surface area contributed by atoms with Gasteiger partial charge in [-0.25, -0.2) is 4.98 Å². The fraction of sp³-hybridized carbons (Fsp3) is 0.643. The number of aromatic nitrogens is 1. The highest BCUT2D eigenvalue weighted by Gasteiger charge is 2.24. The molecule has 1 aliphatic rings. The van der Waals surface area contributed by atoms with Crippen molar-refractivity contribution in [2.75, 3.05) is 19.0 Å². The summed E-state index contributed by atoms with van der Waals surface area (Å²) in [5.74, 6) is 0.712. The molecule has 0 bridgehead atoms. The number of pyridine rings is 1. The monoisotopic (exact) mass is 312 g/mol. The molecule has 1 fully saturated rings. The van der Waals surface area contributed by atoms with Gasteiger partial charge in [-0.2, -0.15) is 0 Å². The number of ether oxygens (including phenoxy) is 1. The van der Waals surface area contributed by atoms with E-state index in [1.165, 1.54) is 32.2 Å². The fourth-order valence-electron chi connectivity index (χ4n) is 2.61. The normalized spacial score (nSPS) is 20.2. The summed E-state index contributed by atoms with van der Waals surface area (Å²) in [7, 11) is 1.67. The summed E-state index contributed by atoms with van der Waals surface area (Å²) in [6.07, 6.45) is 5.19. The highest BCUT2D eigenvalue weighted by atomic mass is 79.9. The van der Waals surface area contributed by atoms with Crippen LogP contribution in [0.3, 0.4) is 0 Å². The summed E-state index contributed by atoms with van der Waals surface area (Å²) in [4.78, 5) is 7.06. The molecule has 0 saturated carbocycles. The summed E-state index contributed by atoms with van der Waals surface area (Å²) in [6, 6.07) is 6.73. The van der Waals surface area contributed by atoms with Gasteiger partial charge in [0.2, 0.25) is 5.88 Å². The van der Waals surface area contributed by atoms with Crippen LogP contribution < -0.4 is 4.74 Å². The van der Waals surface area contributed by atoms with Gasteiger partial charge in [0.1, 0.15) is 0 Å². The largest absolute Gasteiger partial charge is 0.481 e. The molecule has 3 nitrogen and oxygen atoms in total. The van der Waals surface area contributed by atoms with E-state index in [2.05, 4.69) is 31.9 Å². The number of methoxy groups -OCH3 is 1. The van der Waals surface area contributed by atoms with Gasteiger partial charge >= 0.3 is 0 Å². The molecule has 2 heterocycles. The van der Waals surface area contributed by atoms with Gasteiger partial charge in [0.25, 0.3) is 0 Å². The molecule has 1 aromatic heterocycles. The first-order chi connectivity index (χ1) is 8.83. The minimum atomic E-state index is 0.712. The maximum atomic E-state index is 5.18. The summed E-state index contributed by atoms with van der Waals surface area (Å²) >= 11 is 3.51. The number of hydrogen-bond donors (Lipinski definition) is 0. The predicted molar refractivity (Wildman–Crippen MR) is 77.2 cm³/mol. The van der Waals surface area contributed by atoms with Gasteiger partial charge in [0.15, 0.2) is 0 Å². The molecule has 0 radical (unpaired) electrons. The number of alkyl halides is 1. The number of rotatable bonds is 6. The lowest BCUT2D eigenvalue weighted by atomic mass is 10.1. The Labute approximate surface area is 118 Å². The van der Waals surface area contributed by atoms with Crippen molar-refractivity contribution >= 4 is 15.9 Å². The molecule has 0 aromatic carbocycles. The number of likely N-dealkylation sites (tertiary alicyclic amines) is 1. The topological polar surface area (TPSA) is 25.4 Å². The standard InChI is InChI=1S/C14H21BrN2O/c1-18-14-8-2-5-12(16-14)11-17-10-4-7-13(17)6-3-9-15/h2,5,8,13H,3-4,6-7,9-11H2,1H3. The Balaban J connectivity index is 1.94. The Kier molecular flexibility index (Phi) is 5.45. The SMILES string of the molecule is COc1cccc(CN2CCCC2CCCBr)n1. The van der Waals surface area contributed by atoms with Crippen LogP contribution in [0.1, 0.15) is 31.4 Å². The molecule has 0 amide bonds. The van der Waals surface area contributed by atoms with Gasteiger partial charge in [-0.15, -0.1) is 0 Å². The van der Waals surface area contributed by atoms with Gasteiger partial charge < -0.3 is 4.74 Å². The first-order valence-electron chi connectivity index (χ1n) is 6.63. The van der Waals surface area contributed by atoms with Crippen molar-refractivity contribution in [2.45, 2.75) is 38.3 Å². The van der Waals surface area contributed by atoms with Crippen molar-refractivity contribution in [1.82, 2.24) is 9.88 Å². The second-order valence-electron chi connectivity index (χ2n) is 4.77. The average molecular weight is 313 g/mol. The lowest BCUT2D eigenvalue weighted by Crippen LogP contribution is -2.29. The Morgan fingerprint density at radius 2 is 2.39 bits per heavy atom. The molecule has 1 atom stereocenters. The van der Waals surface area contributed by atoms with E-state index in [0.29, 0.717) is 5.88 Å². The highest BCUT2D eigenvalue weighted by Crippen LogP contribution is 2.23. The Hall–Kier alpha value is -0.610. The van der Waals surface area contributed by atoms with Gasteiger partial charge in [-0.05, 0) is 38.3 Å². The Morgan fingerprint density at radius 1 is 1.50 bits per heavy atom. The summed E-state index contributed by atoms with van der Waals surface area (Å²) in [5.41, 5.74) is 1.11. The van der Waals surface area contributed by atoms with E-state index in [9.17, 15) is 0 Å². The van der Waals surface area contributed by atoms with E-state index >= 15 is 0 Å². The van der Waals surface area contributed by atoms with E-state index in [4.69, 9.17) is 4.74 Å². The first-order valence-corrected chi connectivity index (χ1v) is 7.75. The van der Waals surface area contributed by atoms with E-state index in [0.717, 1.165) is 23.6 Å². The summed E-state index contributed by atoms with van der Waals surface area (Å²) < 4.78 is 5.18. The minimum absolute atomic E-state index is 0.712. The first kappa shape index (κ1) is 13.8. The second kappa shape index (κ2) is 7.10. The number of halogens is 1. The molecular weight excluding hydrogens is 292 g/mol. The van der Waals surface area contributed by atoms with Gasteiger partial charge in [0, 0.05) is 24.0 Å². The zero-order chi connectivity index (χ0) is 12.8. The smallest absolute Gasteiger partial charge is 0.213 e. The zero-order valence-electron chi connectivity index (χ0n) is 10.9. The van der Waals surface area contributed by atoms with Crippen LogP contribution >= 0.6 is 15.9 Å². The molecule has 18 heavy (non-hydrogen) atoms. The predicted octanol–water partition coefficient (Wildman–Crippen LogP) is 3.23. The maximum absolute atomic E-state index is 5.18. The van der Waals surface area contributed by atoms with Crippen LogP contribution in [0.15, 0.2) is 18.2 Å². The van der Waals surface area contributed by atoms with Crippen molar-refractivity contribution in [3.63, 3.8) is 0 Å². The molecule has 0 spiro atoms.